The van der Waals surface area contributed by atoms with Gasteiger partial charge in [-0.25, -0.2) is 9.69 Å². The van der Waals surface area contributed by atoms with Crippen molar-refractivity contribution in [2.45, 2.75) is 33.3 Å². The molecule has 0 spiro atoms. The summed E-state index contributed by atoms with van der Waals surface area (Å²) in [6.45, 7) is 6.29. The van der Waals surface area contributed by atoms with E-state index in [2.05, 4.69) is 5.32 Å². The molecule has 2 aromatic rings. The summed E-state index contributed by atoms with van der Waals surface area (Å²) in [7, 11) is 1.53. The van der Waals surface area contributed by atoms with Gasteiger partial charge in [-0.2, -0.15) is 0 Å². The van der Waals surface area contributed by atoms with Crippen LogP contribution in [0.5, 0.6) is 17.2 Å². The molecule has 0 atom stereocenters. The van der Waals surface area contributed by atoms with Crippen LogP contribution in [0.2, 0.25) is 0 Å². The van der Waals surface area contributed by atoms with Gasteiger partial charge >= 0.3 is 6.03 Å². The molecule has 1 N–H and O–H groups in total. The van der Waals surface area contributed by atoms with E-state index in [1.165, 1.54) is 13.2 Å². The Morgan fingerprint density at radius 1 is 1.03 bits per heavy atom. The zero-order valence-electron chi connectivity index (χ0n) is 18.5. The van der Waals surface area contributed by atoms with Crippen molar-refractivity contribution < 1.29 is 28.6 Å². The normalized spacial score (nSPS) is 15.2. The van der Waals surface area contributed by atoms with Crippen molar-refractivity contribution in [1.29, 1.82) is 0 Å². The highest BCUT2D eigenvalue weighted by Crippen LogP contribution is 2.30. The summed E-state index contributed by atoms with van der Waals surface area (Å²) in [6.07, 6.45) is 2.13. The molecule has 0 radical (unpaired) electrons. The fourth-order valence-corrected chi connectivity index (χ4v) is 3.08. The molecule has 1 heterocycles. The molecule has 1 saturated heterocycles. The number of rotatable bonds is 8. The number of nitrogens with one attached hydrogen (secondary N) is 1. The molecule has 1 aliphatic rings. The minimum atomic E-state index is -0.812. The van der Waals surface area contributed by atoms with E-state index in [0.717, 1.165) is 11.3 Å². The highest BCUT2D eigenvalue weighted by Gasteiger charge is 2.37. The van der Waals surface area contributed by atoms with E-state index < -0.39 is 17.8 Å². The van der Waals surface area contributed by atoms with Crippen molar-refractivity contribution in [2.24, 2.45) is 0 Å². The quantitative estimate of drug-likeness (QED) is 0.496. The predicted molar refractivity (Wildman–Crippen MR) is 120 cm³/mol. The molecule has 168 valence electrons. The van der Waals surface area contributed by atoms with E-state index in [4.69, 9.17) is 14.2 Å². The van der Waals surface area contributed by atoms with Crippen molar-refractivity contribution in [1.82, 2.24) is 5.32 Å². The van der Waals surface area contributed by atoms with E-state index in [1.807, 2.05) is 20.8 Å². The number of benzene rings is 2. The van der Waals surface area contributed by atoms with Crippen LogP contribution in [0.3, 0.4) is 0 Å². The molecule has 0 saturated carbocycles. The highest BCUT2D eigenvalue weighted by molar-refractivity contribution is 6.39. The highest BCUT2D eigenvalue weighted by atomic mass is 16.5. The third kappa shape index (κ3) is 5.08. The topological polar surface area (TPSA) is 94.2 Å². The molecule has 8 heteroatoms. The van der Waals surface area contributed by atoms with E-state index in [9.17, 15) is 14.4 Å². The number of nitrogens with zero attached hydrogens (tertiary/aromatic N) is 1. The number of carbonyl (C=O) groups excluding carboxylic acids is 3. The van der Waals surface area contributed by atoms with Crippen LogP contribution in [0.25, 0.3) is 6.08 Å². The molecule has 1 aliphatic heterocycles. The summed E-state index contributed by atoms with van der Waals surface area (Å²) in [5, 5.41) is 2.22. The maximum atomic E-state index is 13.1. The Bertz CT molecular complexity index is 1040. The molecular weight excluding hydrogens is 412 g/mol. The zero-order valence-corrected chi connectivity index (χ0v) is 18.5. The van der Waals surface area contributed by atoms with Gasteiger partial charge in [0.05, 0.1) is 25.5 Å². The first-order chi connectivity index (χ1) is 15.3. The minimum absolute atomic E-state index is 0.137. The smallest absolute Gasteiger partial charge is 0.335 e. The van der Waals surface area contributed by atoms with Crippen LogP contribution in [0.4, 0.5) is 10.5 Å². The lowest BCUT2D eigenvalue weighted by molar-refractivity contribution is -0.122. The van der Waals surface area contributed by atoms with Crippen LogP contribution >= 0.6 is 0 Å². The lowest BCUT2D eigenvalue weighted by Crippen LogP contribution is -2.54. The van der Waals surface area contributed by atoms with Crippen molar-refractivity contribution in [3.63, 3.8) is 0 Å². The number of anilines is 1. The van der Waals surface area contributed by atoms with E-state index in [-0.39, 0.29) is 11.7 Å². The van der Waals surface area contributed by atoms with E-state index in [1.54, 1.807) is 42.5 Å². The molecule has 0 bridgehead atoms. The molecule has 8 nitrogen and oxygen atoms in total. The van der Waals surface area contributed by atoms with Gasteiger partial charge in [-0.3, -0.25) is 14.9 Å². The van der Waals surface area contributed by atoms with Gasteiger partial charge in [0.25, 0.3) is 11.8 Å². The lowest BCUT2D eigenvalue weighted by Gasteiger charge is -2.26. The number of carbonyl (C=O) groups is 3. The third-order valence-electron chi connectivity index (χ3n) is 4.55. The minimum Gasteiger partial charge on any atom is -0.497 e. The second-order valence-electron chi connectivity index (χ2n) is 7.37. The summed E-state index contributed by atoms with van der Waals surface area (Å²) in [5.41, 5.74) is 0.647. The molecule has 1 fully saturated rings. The standard InChI is InChI=1S/C24H26N2O6/c1-5-12-31-18-10-7-17(8-11-18)26-23(28)20(22(27)25-24(26)29)13-16-6-9-19(30-4)14-21(16)32-15(2)3/h6-11,13-15H,5,12H2,1-4H3,(H,25,27,29)/b20-13-. The number of barbiturate groups is 1. The summed E-state index contributed by atoms with van der Waals surface area (Å²) in [4.78, 5) is 39.0. The van der Waals surface area contributed by atoms with Crippen LogP contribution in [0.15, 0.2) is 48.0 Å². The van der Waals surface area contributed by atoms with Gasteiger partial charge in [-0.15, -0.1) is 0 Å². The van der Waals surface area contributed by atoms with E-state index in [0.29, 0.717) is 35.1 Å². The van der Waals surface area contributed by atoms with Gasteiger partial charge in [0.1, 0.15) is 22.8 Å². The van der Waals surface area contributed by atoms with Crippen molar-refractivity contribution in [3.05, 3.63) is 53.6 Å². The maximum absolute atomic E-state index is 13.1. The lowest BCUT2D eigenvalue weighted by atomic mass is 10.1. The molecule has 0 aromatic heterocycles. The number of urea groups is 1. The Kier molecular flexibility index (Phi) is 7.14. The van der Waals surface area contributed by atoms with Crippen molar-refractivity contribution in [3.8, 4) is 17.2 Å². The number of ether oxygens (including phenoxy) is 3. The summed E-state index contributed by atoms with van der Waals surface area (Å²) in [6, 6.07) is 10.8. The summed E-state index contributed by atoms with van der Waals surface area (Å²) < 4.78 is 16.6. The van der Waals surface area contributed by atoms with Crippen LogP contribution in [0, 0.1) is 0 Å². The number of hydrogen-bond acceptors (Lipinski definition) is 6. The van der Waals surface area contributed by atoms with Crippen LogP contribution in [-0.2, 0) is 9.59 Å². The molecule has 0 unspecified atom stereocenters. The maximum Gasteiger partial charge on any atom is 0.335 e. The van der Waals surface area contributed by atoms with Crippen LogP contribution in [0.1, 0.15) is 32.8 Å². The van der Waals surface area contributed by atoms with Gasteiger partial charge < -0.3 is 14.2 Å². The number of amides is 4. The average Bonchev–Trinajstić information content (AvgIpc) is 2.76. The number of methoxy groups -OCH3 is 1. The Balaban J connectivity index is 1.95. The second-order valence-corrected chi connectivity index (χ2v) is 7.37. The van der Waals surface area contributed by atoms with E-state index >= 15 is 0 Å². The van der Waals surface area contributed by atoms with Crippen molar-refractivity contribution >= 4 is 29.6 Å². The van der Waals surface area contributed by atoms with Gasteiger partial charge in [-0.05, 0) is 62.7 Å². The van der Waals surface area contributed by atoms with Gasteiger partial charge in [0.15, 0.2) is 0 Å². The van der Waals surface area contributed by atoms with Crippen LogP contribution in [-0.4, -0.2) is 37.7 Å². The first kappa shape index (κ1) is 22.9. The number of hydrogen-bond donors (Lipinski definition) is 1. The molecule has 32 heavy (non-hydrogen) atoms. The Morgan fingerprint density at radius 3 is 2.34 bits per heavy atom. The van der Waals surface area contributed by atoms with Gasteiger partial charge in [0, 0.05) is 11.6 Å². The molecular formula is C24H26N2O6. The molecule has 2 aromatic carbocycles. The fraction of sp³-hybridized carbons (Fsp3) is 0.292. The predicted octanol–water partition coefficient (Wildman–Crippen LogP) is 3.94. The fourth-order valence-electron chi connectivity index (χ4n) is 3.08. The average molecular weight is 438 g/mol. The molecule has 3 rings (SSSR count). The Labute approximate surface area is 186 Å². The Hall–Kier alpha value is -3.81. The van der Waals surface area contributed by atoms with Gasteiger partial charge in [-0.1, -0.05) is 6.92 Å². The summed E-state index contributed by atoms with van der Waals surface area (Å²) in [5.74, 6) is 0.150. The SMILES string of the molecule is CCCOc1ccc(N2C(=O)NC(=O)/C(=C/c3ccc(OC)cc3OC(C)C)C2=O)cc1. The summed E-state index contributed by atoms with van der Waals surface area (Å²) >= 11 is 0. The van der Waals surface area contributed by atoms with Crippen molar-refractivity contribution in [2.75, 3.05) is 18.6 Å². The zero-order chi connectivity index (χ0) is 23.3. The molecule has 0 aliphatic carbocycles. The van der Waals surface area contributed by atoms with Crippen LogP contribution < -0.4 is 24.4 Å². The Morgan fingerprint density at radius 2 is 1.72 bits per heavy atom. The number of imide groups is 2. The third-order valence-corrected chi connectivity index (χ3v) is 4.55. The first-order valence-corrected chi connectivity index (χ1v) is 10.3. The second kappa shape index (κ2) is 10.00. The largest absolute Gasteiger partial charge is 0.497 e. The molecule has 4 amide bonds. The monoisotopic (exact) mass is 438 g/mol. The first-order valence-electron chi connectivity index (χ1n) is 10.3. The van der Waals surface area contributed by atoms with Gasteiger partial charge in [0.2, 0.25) is 0 Å².